The Balaban J connectivity index is 1.79. The van der Waals surface area contributed by atoms with E-state index in [1.54, 1.807) is 4.90 Å². The molecule has 1 aromatic rings. The van der Waals surface area contributed by atoms with Gasteiger partial charge < -0.3 is 15.0 Å². The van der Waals surface area contributed by atoms with Gasteiger partial charge in [-0.2, -0.15) is 0 Å². The van der Waals surface area contributed by atoms with Crippen molar-refractivity contribution in [3.8, 4) is 0 Å². The van der Waals surface area contributed by atoms with Gasteiger partial charge in [0.25, 0.3) is 0 Å². The van der Waals surface area contributed by atoms with Crippen molar-refractivity contribution in [2.24, 2.45) is 0 Å². The van der Waals surface area contributed by atoms with Crippen LogP contribution in [0.2, 0.25) is 0 Å². The van der Waals surface area contributed by atoms with Crippen molar-refractivity contribution in [3.05, 3.63) is 29.8 Å². The summed E-state index contributed by atoms with van der Waals surface area (Å²) in [4.78, 5) is 27.5. The van der Waals surface area contributed by atoms with Gasteiger partial charge in [0.2, 0.25) is 11.8 Å². The lowest BCUT2D eigenvalue weighted by Gasteiger charge is -2.29. The van der Waals surface area contributed by atoms with Crippen molar-refractivity contribution in [2.75, 3.05) is 51.3 Å². The molecule has 1 aliphatic rings. The molecule has 1 aliphatic heterocycles. The minimum atomic E-state index is -0.830. The molecule has 0 aromatic heterocycles. The minimum absolute atomic E-state index is 0.0412. The molecule has 0 saturated carbocycles. The Kier molecular flexibility index (Phi) is 7.27. The van der Waals surface area contributed by atoms with Crippen molar-refractivity contribution in [3.63, 3.8) is 0 Å². The number of halogens is 2. The lowest BCUT2D eigenvalue weighted by Crippen LogP contribution is -2.43. The van der Waals surface area contributed by atoms with Gasteiger partial charge in [0.1, 0.15) is 11.6 Å². The molecule has 8 heteroatoms. The quantitative estimate of drug-likeness (QED) is 0.805. The molecule has 2 amide bonds. The number of nitrogens with zero attached hydrogens (tertiary/aromatic N) is 2. The average Bonchev–Trinajstić information content (AvgIpc) is 2.58. The highest BCUT2D eigenvalue weighted by molar-refractivity contribution is 5.91. The normalized spacial score (nSPS) is 15.0. The van der Waals surface area contributed by atoms with E-state index in [-0.39, 0.29) is 24.6 Å². The third kappa shape index (κ3) is 6.39. The van der Waals surface area contributed by atoms with Crippen molar-refractivity contribution in [2.45, 2.75) is 13.3 Å². The molecule has 0 unspecified atom stereocenters. The predicted octanol–water partition coefficient (Wildman–Crippen LogP) is 1.47. The number of rotatable bonds is 7. The molecule has 25 heavy (non-hydrogen) atoms. The zero-order valence-electron chi connectivity index (χ0n) is 14.3. The summed E-state index contributed by atoms with van der Waals surface area (Å²) < 4.78 is 31.7. The van der Waals surface area contributed by atoms with E-state index in [1.807, 2.05) is 0 Å². The summed E-state index contributed by atoms with van der Waals surface area (Å²) in [6.07, 6.45) is 0.0412. The van der Waals surface area contributed by atoms with Gasteiger partial charge in [-0.1, -0.05) is 0 Å². The van der Waals surface area contributed by atoms with E-state index in [4.69, 9.17) is 4.74 Å². The van der Waals surface area contributed by atoms with Crippen LogP contribution in [0.15, 0.2) is 18.2 Å². The van der Waals surface area contributed by atoms with Gasteiger partial charge in [-0.25, -0.2) is 8.78 Å². The summed E-state index contributed by atoms with van der Waals surface area (Å²) in [5, 5.41) is 2.39. The molecular weight excluding hydrogens is 332 g/mol. The van der Waals surface area contributed by atoms with Crippen LogP contribution in [0.1, 0.15) is 13.3 Å². The summed E-state index contributed by atoms with van der Waals surface area (Å²) in [5.74, 6) is -2.08. The summed E-state index contributed by atoms with van der Waals surface area (Å²) in [6, 6.07) is 2.95. The van der Waals surface area contributed by atoms with Crippen LogP contribution in [0.25, 0.3) is 0 Å². The standard InChI is InChI=1S/C17H23F2N3O3/c1-13(23)22(7-6-21-8-10-25-11-9-21)5-4-17(24)20-16-3-2-14(18)12-15(16)19/h2-3,12H,4-11H2,1H3,(H,20,24). The second-order valence-corrected chi connectivity index (χ2v) is 5.88. The van der Waals surface area contributed by atoms with Gasteiger partial charge in [-0.15, -0.1) is 0 Å². The van der Waals surface area contributed by atoms with Gasteiger partial charge in [0.05, 0.1) is 18.9 Å². The molecule has 138 valence electrons. The smallest absolute Gasteiger partial charge is 0.226 e. The maximum absolute atomic E-state index is 13.5. The van der Waals surface area contributed by atoms with Crippen molar-refractivity contribution in [1.82, 2.24) is 9.80 Å². The van der Waals surface area contributed by atoms with E-state index in [9.17, 15) is 18.4 Å². The van der Waals surface area contributed by atoms with Crippen LogP contribution in [0.3, 0.4) is 0 Å². The van der Waals surface area contributed by atoms with Crippen LogP contribution in [0.4, 0.5) is 14.5 Å². The highest BCUT2D eigenvalue weighted by Crippen LogP contribution is 2.15. The molecule has 2 rings (SSSR count). The maximum Gasteiger partial charge on any atom is 0.226 e. The van der Waals surface area contributed by atoms with E-state index in [2.05, 4.69) is 10.2 Å². The van der Waals surface area contributed by atoms with Gasteiger partial charge in [-0.3, -0.25) is 14.5 Å². The number of hydrogen-bond donors (Lipinski definition) is 1. The fourth-order valence-corrected chi connectivity index (χ4v) is 2.55. The number of ether oxygens (including phenoxy) is 1. The van der Waals surface area contributed by atoms with Crippen molar-refractivity contribution < 1.29 is 23.1 Å². The van der Waals surface area contributed by atoms with Gasteiger partial charge in [0.15, 0.2) is 0 Å². The first-order valence-electron chi connectivity index (χ1n) is 8.26. The Hall–Kier alpha value is -2.06. The van der Waals surface area contributed by atoms with Crippen LogP contribution in [-0.4, -0.2) is 67.6 Å². The highest BCUT2D eigenvalue weighted by atomic mass is 19.1. The second-order valence-electron chi connectivity index (χ2n) is 5.88. The lowest BCUT2D eigenvalue weighted by molar-refractivity contribution is -0.129. The van der Waals surface area contributed by atoms with Gasteiger partial charge >= 0.3 is 0 Å². The summed E-state index contributed by atoms with van der Waals surface area (Å²) in [5.41, 5.74) is -0.0749. The number of amides is 2. The SMILES string of the molecule is CC(=O)N(CCC(=O)Nc1ccc(F)cc1F)CCN1CCOCC1. The van der Waals surface area contributed by atoms with Crippen molar-refractivity contribution >= 4 is 17.5 Å². The molecule has 1 aromatic carbocycles. The predicted molar refractivity (Wildman–Crippen MR) is 89.1 cm³/mol. The average molecular weight is 355 g/mol. The Morgan fingerprint density at radius 3 is 2.60 bits per heavy atom. The first-order valence-corrected chi connectivity index (χ1v) is 8.26. The summed E-state index contributed by atoms with van der Waals surface area (Å²) in [7, 11) is 0. The van der Waals surface area contributed by atoms with E-state index in [1.165, 1.54) is 13.0 Å². The largest absolute Gasteiger partial charge is 0.379 e. The van der Waals surface area contributed by atoms with Crippen LogP contribution >= 0.6 is 0 Å². The lowest BCUT2D eigenvalue weighted by atomic mass is 10.2. The molecule has 0 bridgehead atoms. The number of nitrogens with one attached hydrogen (secondary N) is 1. The Morgan fingerprint density at radius 2 is 1.96 bits per heavy atom. The molecule has 1 heterocycles. The van der Waals surface area contributed by atoms with Gasteiger partial charge in [0, 0.05) is 52.1 Å². The minimum Gasteiger partial charge on any atom is -0.379 e. The van der Waals surface area contributed by atoms with Crippen LogP contribution in [0.5, 0.6) is 0 Å². The number of benzene rings is 1. The fourth-order valence-electron chi connectivity index (χ4n) is 2.55. The Labute approximate surface area is 145 Å². The first kappa shape index (κ1) is 19.3. The number of carbonyl (C=O) groups excluding carboxylic acids is 2. The number of carbonyl (C=O) groups is 2. The number of anilines is 1. The van der Waals surface area contributed by atoms with Crippen LogP contribution in [0, 0.1) is 11.6 Å². The van der Waals surface area contributed by atoms with Crippen LogP contribution < -0.4 is 5.32 Å². The van der Waals surface area contributed by atoms with Crippen molar-refractivity contribution in [1.29, 1.82) is 0 Å². The summed E-state index contributed by atoms with van der Waals surface area (Å²) >= 11 is 0. The molecule has 0 atom stereocenters. The molecule has 0 radical (unpaired) electrons. The monoisotopic (exact) mass is 355 g/mol. The van der Waals surface area contributed by atoms with Gasteiger partial charge in [-0.05, 0) is 12.1 Å². The summed E-state index contributed by atoms with van der Waals surface area (Å²) in [6.45, 7) is 5.97. The molecule has 0 aliphatic carbocycles. The number of hydrogen-bond acceptors (Lipinski definition) is 4. The third-order valence-electron chi connectivity index (χ3n) is 4.05. The van der Waals surface area contributed by atoms with E-state index >= 15 is 0 Å². The first-order chi connectivity index (χ1) is 12.0. The fraction of sp³-hybridized carbons (Fsp3) is 0.529. The topological polar surface area (TPSA) is 61.9 Å². The van der Waals surface area contributed by atoms with E-state index in [0.29, 0.717) is 25.8 Å². The highest BCUT2D eigenvalue weighted by Gasteiger charge is 2.16. The molecular formula is C17H23F2N3O3. The molecule has 6 nitrogen and oxygen atoms in total. The third-order valence-corrected chi connectivity index (χ3v) is 4.05. The zero-order valence-corrected chi connectivity index (χ0v) is 14.3. The van der Waals surface area contributed by atoms with Crippen LogP contribution in [-0.2, 0) is 14.3 Å². The maximum atomic E-state index is 13.5. The number of morpholine rings is 1. The molecule has 1 N–H and O–H groups in total. The molecule has 1 fully saturated rings. The molecule has 0 spiro atoms. The Morgan fingerprint density at radius 1 is 1.24 bits per heavy atom. The molecule has 1 saturated heterocycles. The Bertz CT molecular complexity index is 607. The second kappa shape index (κ2) is 9.43. The zero-order chi connectivity index (χ0) is 18.2. The van der Waals surface area contributed by atoms with E-state index < -0.39 is 17.5 Å². The van der Waals surface area contributed by atoms with E-state index in [0.717, 1.165) is 25.7 Å².